The Labute approximate surface area is 129 Å². The van der Waals surface area contributed by atoms with Crippen molar-refractivity contribution in [2.75, 3.05) is 17.2 Å². The fourth-order valence-electron chi connectivity index (χ4n) is 1.87. The van der Waals surface area contributed by atoms with E-state index in [4.69, 9.17) is 4.74 Å². The predicted molar refractivity (Wildman–Crippen MR) is 86.5 cm³/mol. The number of benzene rings is 1. The van der Waals surface area contributed by atoms with E-state index in [0.29, 0.717) is 29.6 Å². The van der Waals surface area contributed by atoms with Crippen LogP contribution in [0.3, 0.4) is 0 Å². The van der Waals surface area contributed by atoms with Gasteiger partial charge in [-0.15, -0.1) is 0 Å². The summed E-state index contributed by atoms with van der Waals surface area (Å²) in [6, 6.07) is 9.15. The molecule has 2 aromatic rings. The third-order valence-corrected chi connectivity index (χ3v) is 2.76. The lowest BCUT2D eigenvalue weighted by Crippen LogP contribution is -2.13. The Hall–Kier alpha value is -2.63. The van der Waals surface area contributed by atoms with Crippen molar-refractivity contribution in [3.05, 3.63) is 42.1 Å². The van der Waals surface area contributed by atoms with Gasteiger partial charge in [-0.1, -0.05) is 12.1 Å². The van der Waals surface area contributed by atoms with Crippen LogP contribution in [-0.4, -0.2) is 28.6 Å². The molecule has 0 fully saturated rings. The normalized spacial score (nSPS) is 10.4. The number of nitrogens with zero attached hydrogens (tertiary/aromatic N) is 2. The standard InChI is InChI=1S/C16H20N4O2/c1-4-22-15(21)12-7-5-6-8-13(12)19-14-9-10-17-16(20-14)18-11(2)3/h5-11H,4H2,1-3H3,(H2,17,18,19,20). The first kappa shape index (κ1) is 15.8. The molecule has 1 heterocycles. The summed E-state index contributed by atoms with van der Waals surface area (Å²) >= 11 is 0. The highest BCUT2D eigenvalue weighted by molar-refractivity contribution is 5.96. The van der Waals surface area contributed by atoms with Crippen LogP contribution in [0.25, 0.3) is 0 Å². The summed E-state index contributed by atoms with van der Waals surface area (Å²) < 4.78 is 5.06. The summed E-state index contributed by atoms with van der Waals surface area (Å²) in [5.74, 6) is 0.781. The zero-order valence-corrected chi connectivity index (χ0v) is 13.0. The van der Waals surface area contributed by atoms with Crippen LogP contribution in [0.2, 0.25) is 0 Å². The SMILES string of the molecule is CCOC(=O)c1ccccc1Nc1ccnc(NC(C)C)n1. The smallest absolute Gasteiger partial charge is 0.340 e. The number of aromatic nitrogens is 2. The van der Waals surface area contributed by atoms with Crippen molar-refractivity contribution >= 4 is 23.4 Å². The minimum Gasteiger partial charge on any atom is -0.462 e. The maximum atomic E-state index is 12.0. The molecular formula is C16H20N4O2. The molecule has 6 heteroatoms. The molecule has 0 unspecified atom stereocenters. The van der Waals surface area contributed by atoms with Gasteiger partial charge in [0, 0.05) is 12.2 Å². The van der Waals surface area contributed by atoms with Gasteiger partial charge in [0.2, 0.25) is 5.95 Å². The zero-order valence-electron chi connectivity index (χ0n) is 13.0. The van der Waals surface area contributed by atoms with Gasteiger partial charge in [-0.05, 0) is 39.0 Å². The average Bonchev–Trinajstić information content (AvgIpc) is 2.47. The molecule has 0 aliphatic carbocycles. The lowest BCUT2D eigenvalue weighted by atomic mass is 10.2. The van der Waals surface area contributed by atoms with E-state index in [0.717, 1.165) is 0 Å². The highest BCUT2D eigenvalue weighted by atomic mass is 16.5. The van der Waals surface area contributed by atoms with E-state index in [2.05, 4.69) is 20.6 Å². The first-order valence-corrected chi connectivity index (χ1v) is 7.23. The summed E-state index contributed by atoms with van der Waals surface area (Å²) in [4.78, 5) is 20.5. The molecule has 0 bridgehead atoms. The third-order valence-electron chi connectivity index (χ3n) is 2.76. The largest absolute Gasteiger partial charge is 0.462 e. The second kappa shape index (κ2) is 7.40. The molecule has 0 aliphatic rings. The van der Waals surface area contributed by atoms with Crippen molar-refractivity contribution in [1.29, 1.82) is 0 Å². The van der Waals surface area contributed by atoms with Crippen molar-refractivity contribution in [2.45, 2.75) is 26.8 Å². The number of hydrogen-bond acceptors (Lipinski definition) is 6. The van der Waals surface area contributed by atoms with Crippen LogP contribution in [0.4, 0.5) is 17.5 Å². The van der Waals surface area contributed by atoms with Gasteiger partial charge in [0.1, 0.15) is 5.82 Å². The molecule has 6 nitrogen and oxygen atoms in total. The molecule has 0 aliphatic heterocycles. The van der Waals surface area contributed by atoms with Crippen LogP contribution in [-0.2, 0) is 4.74 Å². The molecule has 116 valence electrons. The molecule has 2 rings (SSSR count). The predicted octanol–water partition coefficient (Wildman–Crippen LogP) is 3.22. The Morgan fingerprint density at radius 2 is 2.05 bits per heavy atom. The molecular weight excluding hydrogens is 280 g/mol. The number of carbonyl (C=O) groups is 1. The quantitative estimate of drug-likeness (QED) is 0.798. The van der Waals surface area contributed by atoms with Crippen LogP contribution in [0, 0.1) is 0 Å². The summed E-state index contributed by atoms with van der Waals surface area (Å²) in [5, 5.41) is 6.27. The highest BCUT2D eigenvalue weighted by Crippen LogP contribution is 2.21. The summed E-state index contributed by atoms with van der Waals surface area (Å²) in [7, 11) is 0. The molecule has 1 aromatic heterocycles. The third kappa shape index (κ3) is 4.18. The lowest BCUT2D eigenvalue weighted by Gasteiger charge is -2.12. The van der Waals surface area contributed by atoms with Gasteiger partial charge < -0.3 is 15.4 Å². The fourth-order valence-corrected chi connectivity index (χ4v) is 1.87. The number of esters is 1. The number of ether oxygens (including phenoxy) is 1. The Bertz CT molecular complexity index is 644. The van der Waals surface area contributed by atoms with E-state index in [1.165, 1.54) is 0 Å². The van der Waals surface area contributed by atoms with Crippen LogP contribution < -0.4 is 10.6 Å². The van der Waals surface area contributed by atoms with Gasteiger partial charge in [0.15, 0.2) is 0 Å². The number of anilines is 3. The minimum absolute atomic E-state index is 0.238. The lowest BCUT2D eigenvalue weighted by molar-refractivity contribution is 0.0527. The Balaban J connectivity index is 2.22. The molecule has 0 atom stereocenters. The number of nitrogens with one attached hydrogen (secondary N) is 2. The summed E-state index contributed by atoms with van der Waals surface area (Å²) in [6.45, 7) is 6.14. The highest BCUT2D eigenvalue weighted by Gasteiger charge is 2.12. The van der Waals surface area contributed by atoms with E-state index >= 15 is 0 Å². The maximum absolute atomic E-state index is 12.0. The number of para-hydroxylation sites is 1. The fraction of sp³-hybridized carbons (Fsp3) is 0.312. The van der Waals surface area contributed by atoms with Crippen LogP contribution in [0.1, 0.15) is 31.1 Å². The Morgan fingerprint density at radius 3 is 2.77 bits per heavy atom. The minimum atomic E-state index is -0.361. The van der Waals surface area contributed by atoms with Crippen molar-refractivity contribution in [3.8, 4) is 0 Å². The Kier molecular flexibility index (Phi) is 5.30. The summed E-state index contributed by atoms with van der Waals surface area (Å²) in [5.41, 5.74) is 1.12. The average molecular weight is 300 g/mol. The van der Waals surface area contributed by atoms with Gasteiger partial charge in [0.25, 0.3) is 0 Å². The first-order chi connectivity index (χ1) is 10.6. The van der Waals surface area contributed by atoms with E-state index in [9.17, 15) is 4.79 Å². The number of carbonyl (C=O) groups excluding carboxylic acids is 1. The topological polar surface area (TPSA) is 76.1 Å². The van der Waals surface area contributed by atoms with Gasteiger partial charge in [-0.25, -0.2) is 9.78 Å². The van der Waals surface area contributed by atoms with Gasteiger partial charge >= 0.3 is 5.97 Å². The molecule has 0 saturated heterocycles. The molecule has 2 N–H and O–H groups in total. The van der Waals surface area contributed by atoms with Crippen LogP contribution in [0.15, 0.2) is 36.5 Å². The van der Waals surface area contributed by atoms with Crippen LogP contribution in [0.5, 0.6) is 0 Å². The van der Waals surface area contributed by atoms with E-state index in [1.54, 1.807) is 31.3 Å². The number of rotatable bonds is 6. The van der Waals surface area contributed by atoms with Crippen molar-refractivity contribution in [2.24, 2.45) is 0 Å². The summed E-state index contributed by atoms with van der Waals surface area (Å²) in [6.07, 6.45) is 1.66. The maximum Gasteiger partial charge on any atom is 0.340 e. The second-order valence-electron chi connectivity index (χ2n) is 4.96. The van der Waals surface area contributed by atoms with E-state index in [1.807, 2.05) is 26.0 Å². The first-order valence-electron chi connectivity index (χ1n) is 7.23. The van der Waals surface area contributed by atoms with Crippen molar-refractivity contribution < 1.29 is 9.53 Å². The van der Waals surface area contributed by atoms with Crippen molar-refractivity contribution in [1.82, 2.24) is 9.97 Å². The number of hydrogen-bond donors (Lipinski definition) is 2. The van der Waals surface area contributed by atoms with E-state index < -0.39 is 0 Å². The second-order valence-corrected chi connectivity index (χ2v) is 4.96. The Morgan fingerprint density at radius 1 is 1.27 bits per heavy atom. The van der Waals surface area contributed by atoms with E-state index in [-0.39, 0.29) is 12.0 Å². The van der Waals surface area contributed by atoms with Crippen molar-refractivity contribution in [3.63, 3.8) is 0 Å². The molecule has 0 spiro atoms. The molecule has 22 heavy (non-hydrogen) atoms. The van der Waals surface area contributed by atoms with Crippen LogP contribution >= 0.6 is 0 Å². The molecule has 0 radical (unpaired) electrons. The molecule has 0 saturated carbocycles. The molecule has 0 amide bonds. The monoisotopic (exact) mass is 300 g/mol. The molecule has 1 aromatic carbocycles. The zero-order chi connectivity index (χ0) is 15.9. The van der Waals surface area contributed by atoms with Gasteiger partial charge in [-0.3, -0.25) is 0 Å². The van der Waals surface area contributed by atoms with Gasteiger partial charge in [0.05, 0.1) is 17.9 Å². The van der Waals surface area contributed by atoms with Gasteiger partial charge in [-0.2, -0.15) is 4.98 Å².